The molecule has 0 saturated heterocycles. The lowest BCUT2D eigenvalue weighted by Gasteiger charge is -2.23. The van der Waals surface area contributed by atoms with Gasteiger partial charge in [-0.3, -0.25) is 5.43 Å². The van der Waals surface area contributed by atoms with Gasteiger partial charge in [0.1, 0.15) is 0 Å². The Bertz CT molecular complexity index is 595. The van der Waals surface area contributed by atoms with Crippen LogP contribution in [0.15, 0.2) is 16.8 Å². The van der Waals surface area contributed by atoms with Gasteiger partial charge in [0, 0.05) is 26.7 Å². The summed E-state index contributed by atoms with van der Waals surface area (Å²) < 4.78 is 0. The van der Waals surface area contributed by atoms with E-state index in [4.69, 9.17) is 5.84 Å². The number of thiophene rings is 1. The molecule has 1 saturated carbocycles. The molecule has 2 heterocycles. The molecule has 0 radical (unpaired) electrons. The van der Waals surface area contributed by atoms with Crippen LogP contribution in [0.3, 0.4) is 0 Å². The predicted molar refractivity (Wildman–Crippen MR) is 85.5 cm³/mol. The summed E-state index contributed by atoms with van der Waals surface area (Å²) in [6.45, 7) is 0.815. The fourth-order valence-electron chi connectivity index (χ4n) is 2.08. The Kier molecular flexibility index (Phi) is 3.89. The monoisotopic (exact) mass is 305 g/mol. The summed E-state index contributed by atoms with van der Waals surface area (Å²) in [7, 11) is 3.81. The highest BCUT2D eigenvalue weighted by molar-refractivity contribution is 7.07. The Labute approximate surface area is 127 Å². The second kappa shape index (κ2) is 5.82. The lowest BCUT2D eigenvalue weighted by Crippen LogP contribution is -2.29. The van der Waals surface area contributed by atoms with E-state index in [9.17, 15) is 0 Å². The minimum Gasteiger partial charge on any atom is -0.347 e. The maximum Gasteiger partial charge on any atom is 0.243 e. The fourth-order valence-corrected chi connectivity index (χ4v) is 2.74. The summed E-state index contributed by atoms with van der Waals surface area (Å²) in [4.78, 5) is 17.3. The highest BCUT2D eigenvalue weighted by atomic mass is 32.1. The Balaban J connectivity index is 1.92. The van der Waals surface area contributed by atoms with Crippen LogP contribution in [-0.2, 0) is 6.54 Å². The fraction of sp³-hybridized carbons (Fsp3) is 0.462. The third-order valence-corrected chi connectivity index (χ3v) is 4.05. The number of hydrazine groups is 1. The lowest BCUT2D eigenvalue weighted by molar-refractivity contribution is 0.752. The molecule has 8 heteroatoms. The van der Waals surface area contributed by atoms with Gasteiger partial charge in [0.15, 0.2) is 0 Å². The van der Waals surface area contributed by atoms with Gasteiger partial charge >= 0.3 is 0 Å². The molecule has 0 unspecified atom stereocenters. The van der Waals surface area contributed by atoms with Gasteiger partial charge in [-0.2, -0.15) is 26.3 Å². The van der Waals surface area contributed by atoms with Gasteiger partial charge in [0.25, 0.3) is 0 Å². The lowest BCUT2D eigenvalue weighted by atomic mass is 10.3. The van der Waals surface area contributed by atoms with Crippen LogP contribution in [0.5, 0.6) is 0 Å². The number of nitrogens with zero attached hydrogens (tertiary/aromatic N) is 5. The second-order valence-corrected chi connectivity index (χ2v) is 6.07. The number of nitrogen functional groups attached to an aromatic ring is 1. The van der Waals surface area contributed by atoms with Gasteiger partial charge in [-0.05, 0) is 35.2 Å². The van der Waals surface area contributed by atoms with E-state index in [1.54, 1.807) is 11.3 Å². The molecule has 7 nitrogen and oxygen atoms in total. The summed E-state index contributed by atoms with van der Waals surface area (Å²) in [6, 6.07) is 2.64. The zero-order valence-corrected chi connectivity index (χ0v) is 13.0. The first-order valence-electron chi connectivity index (χ1n) is 6.85. The predicted octanol–water partition coefficient (Wildman–Crippen LogP) is 1.45. The van der Waals surface area contributed by atoms with Crippen LogP contribution < -0.4 is 21.1 Å². The van der Waals surface area contributed by atoms with Crippen LogP contribution in [0.2, 0.25) is 0 Å². The number of hydrogen-bond donors (Lipinski definition) is 2. The molecule has 112 valence electrons. The molecular formula is C13H19N7S. The van der Waals surface area contributed by atoms with E-state index < -0.39 is 0 Å². The average Bonchev–Trinajstić information content (AvgIpc) is 3.20. The van der Waals surface area contributed by atoms with E-state index in [-0.39, 0.29) is 0 Å². The minimum absolute atomic E-state index is 0.389. The molecular weight excluding hydrogens is 286 g/mol. The van der Waals surface area contributed by atoms with E-state index >= 15 is 0 Å². The zero-order chi connectivity index (χ0) is 14.8. The summed E-state index contributed by atoms with van der Waals surface area (Å²) in [5, 5.41) is 4.25. The van der Waals surface area contributed by atoms with Gasteiger partial charge in [-0.1, -0.05) is 0 Å². The van der Waals surface area contributed by atoms with Crippen molar-refractivity contribution < 1.29 is 0 Å². The smallest absolute Gasteiger partial charge is 0.243 e. The van der Waals surface area contributed by atoms with Crippen molar-refractivity contribution in [3.8, 4) is 0 Å². The van der Waals surface area contributed by atoms with E-state index in [0.717, 1.165) is 6.54 Å². The van der Waals surface area contributed by atoms with E-state index in [1.807, 2.05) is 19.0 Å². The summed E-state index contributed by atoms with van der Waals surface area (Å²) in [5.41, 5.74) is 3.80. The van der Waals surface area contributed by atoms with Crippen molar-refractivity contribution in [2.45, 2.75) is 25.4 Å². The molecule has 2 aromatic heterocycles. The van der Waals surface area contributed by atoms with Crippen molar-refractivity contribution in [1.82, 2.24) is 15.0 Å². The van der Waals surface area contributed by atoms with Crippen molar-refractivity contribution in [3.05, 3.63) is 22.4 Å². The van der Waals surface area contributed by atoms with Gasteiger partial charge in [-0.25, -0.2) is 5.84 Å². The molecule has 0 atom stereocenters. The zero-order valence-electron chi connectivity index (χ0n) is 12.2. The van der Waals surface area contributed by atoms with Gasteiger partial charge in [0.2, 0.25) is 17.8 Å². The van der Waals surface area contributed by atoms with Crippen molar-refractivity contribution in [3.63, 3.8) is 0 Å². The molecule has 1 fully saturated rings. The van der Waals surface area contributed by atoms with Gasteiger partial charge < -0.3 is 9.80 Å². The van der Waals surface area contributed by atoms with Crippen LogP contribution in [0.1, 0.15) is 18.4 Å². The summed E-state index contributed by atoms with van der Waals surface area (Å²) in [5.74, 6) is 7.14. The molecule has 1 aliphatic rings. The first-order chi connectivity index (χ1) is 10.2. The number of rotatable bonds is 6. The third kappa shape index (κ3) is 3.22. The first kappa shape index (κ1) is 14.0. The SMILES string of the molecule is CN(C)c1nc(NN)nc(N(Cc2ccsc2)C2CC2)n1. The van der Waals surface area contributed by atoms with E-state index in [2.05, 4.69) is 42.1 Å². The minimum atomic E-state index is 0.389. The van der Waals surface area contributed by atoms with Crippen molar-refractivity contribution in [2.75, 3.05) is 29.3 Å². The summed E-state index contributed by atoms with van der Waals surface area (Å²) >= 11 is 1.70. The summed E-state index contributed by atoms with van der Waals surface area (Å²) in [6.07, 6.45) is 2.36. The second-order valence-electron chi connectivity index (χ2n) is 5.29. The average molecular weight is 305 g/mol. The molecule has 2 aromatic rings. The third-order valence-electron chi connectivity index (χ3n) is 3.32. The largest absolute Gasteiger partial charge is 0.347 e. The molecule has 1 aliphatic carbocycles. The highest BCUT2D eigenvalue weighted by Crippen LogP contribution is 2.32. The van der Waals surface area contributed by atoms with Crippen molar-refractivity contribution in [2.24, 2.45) is 5.84 Å². The van der Waals surface area contributed by atoms with Gasteiger partial charge in [0.05, 0.1) is 0 Å². The molecule has 0 bridgehead atoms. The first-order valence-corrected chi connectivity index (χ1v) is 7.79. The van der Waals surface area contributed by atoms with Crippen LogP contribution in [0.25, 0.3) is 0 Å². The number of anilines is 3. The van der Waals surface area contributed by atoms with Crippen molar-refractivity contribution in [1.29, 1.82) is 0 Å². The quantitative estimate of drug-likeness (QED) is 0.617. The highest BCUT2D eigenvalue weighted by Gasteiger charge is 2.31. The Morgan fingerprint density at radius 2 is 2.05 bits per heavy atom. The molecule has 0 aliphatic heterocycles. The molecule has 21 heavy (non-hydrogen) atoms. The molecule has 0 aromatic carbocycles. The molecule has 0 amide bonds. The van der Waals surface area contributed by atoms with Gasteiger partial charge in [-0.15, -0.1) is 0 Å². The van der Waals surface area contributed by atoms with Crippen LogP contribution in [-0.4, -0.2) is 35.1 Å². The van der Waals surface area contributed by atoms with Crippen LogP contribution in [0, 0.1) is 0 Å². The molecule has 0 spiro atoms. The number of nitrogens with two attached hydrogens (primary N) is 1. The normalized spacial score (nSPS) is 14.0. The van der Waals surface area contributed by atoms with E-state index in [1.165, 1.54) is 18.4 Å². The van der Waals surface area contributed by atoms with Crippen molar-refractivity contribution >= 4 is 29.2 Å². The maximum absolute atomic E-state index is 5.48. The Morgan fingerprint density at radius 1 is 1.29 bits per heavy atom. The van der Waals surface area contributed by atoms with Crippen LogP contribution in [0.4, 0.5) is 17.8 Å². The molecule has 3 rings (SSSR count). The van der Waals surface area contributed by atoms with E-state index in [0.29, 0.717) is 23.9 Å². The number of hydrogen-bond acceptors (Lipinski definition) is 8. The topological polar surface area (TPSA) is 83.2 Å². The Morgan fingerprint density at radius 3 is 2.62 bits per heavy atom. The molecule has 3 N–H and O–H groups in total. The number of nitrogens with one attached hydrogen (secondary N) is 1. The maximum atomic E-state index is 5.48. The standard InChI is InChI=1S/C13H19N7S/c1-19(2)12-15-11(18-14)16-13(17-12)20(10-3-4-10)7-9-5-6-21-8-9/h5-6,8,10H,3-4,7,14H2,1-2H3,(H,15,16,17,18). The Hall–Kier alpha value is -1.93. The number of aromatic nitrogens is 3. The van der Waals surface area contributed by atoms with Crippen LogP contribution >= 0.6 is 11.3 Å².